The first-order chi connectivity index (χ1) is 8.47. The van der Waals surface area contributed by atoms with E-state index in [0.717, 1.165) is 0 Å². The van der Waals surface area contributed by atoms with E-state index in [1.54, 1.807) is 0 Å². The number of nitrogens with one attached hydrogen (secondary N) is 1. The van der Waals surface area contributed by atoms with Gasteiger partial charge in [0, 0.05) is 19.6 Å². The van der Waals surface area contributed by atoms with Gasteiger partial charge in [-0.2, -0.15) is 13.2 Å². The minimum atomic E-state index is -4.06. The highest BCUT2D eigenvalue weighted by Gasteiger charge is 2.25. The van der Waals surface area contributed by atoms with Crippen molar-refractivity contribution in [1.29, 1.82) is 0 Å². The second kappa shape index (κ2) is 7.96. The summed E-state index contributed by atoms with van der Waals surface area (Å²) in [6.07, 6.45) is -2.34. The van der Waals surface area contributed by atoms with Crippen molar-refractivity contribution < 1.29 is 23.0 Å². The Labute approximate surface area is 106 Å². The van der Waals surface area contributed by atoms with Gasteiger partial charge in [-0.15, -0.1) is 0 Å². The van der Waals surface area contributed by atoms with Crippen molar-refractivity contribution >= 4 is 0 Å². The Bertz CT molecular complexity index is 220. The minimum Gasteiger partial charge on any atom is -0.389 e. The molecule has 0 saturated heterocycles. The molecule has 6 heteroatoms. The number of ether oxygens (including phenoxy) is 1. The molecule has 0 aromatic rings. The number of aliphatic hydroxyl groups excluding tert-OH is 1. The third-order valence-corrected chi connectivity index (χ3v) is 2.80. The Morgan fingerprint density at radius 3 is 2.61 bits per heavy atom. The maximum absolute atomic E-state index is 11.8. The average Bonchev–Trinajstić information content (AvgIpc) is 3.05. The van der Waals surface area contributed by atoms with Crippen molar-refractivity contribution in [2.75, 3.05) is 26.3 Å². The van der Waals surface area contributed by atoms with Gasteiger partial charge in [0.25, 0.3) is 0 Å². The number of unbranched alkanes of at least 4 members (excludes halogenated alkanes) is 1. The highest BCUT2D eigenvalue weighted by Crippen LogP contribution is 2.28. The Balaban J connectivity index is 1.81. The first kappa shape index (κ1) is 15.7. The smallest absolute Gasteiger partial charge is 0.389 e. The van der Waals surface area contributed by atoms with E-state index in [1.807, 2.05) is 0 Å². The lowest BCUT2D eigenvalue weighted by atomic mass is 10.2. The molecule has 108 valence electrons. The van der Waals surface area contributed by atoms with E-state index in [-0.39, 0.29) is 6.42 Å². The van der Waals surface area contributed by atoms with Crippen LogP contribution in [0.5, 0.6) is 0 Å². The van der Waals surface area contributed by atoms with Gasteiger partial charge >= 0.3 is 6.18 Å². The van der Waals surface area contributed by atoms with Gasteiger partial charge in [0.1, 0.15) is 0 Å². The summed E-state index contributed by atoms with van der Waals surface area (Å²) >= 11 is 0. The predicted molar refractivity (Wildman–Crippen MR) is 62.3 cm³/mol. The van der Waals surface area contributed by atoms with Crippen LogP contribution in [0.2, 0.25) is 0 Å². The van der Waals surface area contributed by atoms with Crippen LogP contribution in [-0.4, -0.2) is 43.7 Å². The quantitative estimate of drug-likeness (QED) is 0.597. The van der Waals surface area contributed by atoms with Crippen LogP contribution in [0.3, 0.4) is 0 Å². The predicted octanol–water partition coefficient (Wildman–Crippen LogP) is 2.10. The second-order valence-corrected chi connectivity index (χ2v) is 4.91. The van der Waals surface area contributed by atoms with Gasteiger partial charge in [0.05, 0.1) is 12.7 Å². The van der Waals surface area contributed by atoms with Crippen molar-refractivity contribution in [3.05, 3.63) is 0 Å². The van der Waals surface area contributed by atoms with Crippen LogP contribution in [0.15, 0.2) is 0 Å². The molecule has 1 fully saturated rings. The fourth-order valence-corrected chi connectivity index (χ4v) is 1.56. The summed E-state index contributed by atoms with van der Waals surface area (Å²) in [5.74, 6) is 0.674. The third kappa shape index (κ3) is 9.67. The summed E-state index contributed by atoms with van der Waals surface area (Å²) in [5.41, 5.74) is 0. The second-order valence-electron chi connectivity index (χ2n) is 4.91. The fraction of sp³-hybridized carbons (Fsp3) is 1.00. The van der Waals surface area contributed by atoms with Crippen molar-refractivity contribution in [3.8, 4) is 0 Å². The van der Waals surface area contributed by atoms with Gasteiger partial charge in [-0.1, -0.05) is 0 Å². The van der Waals surface area contributed by atoms with Crippen LogP contribution >= 0.6 is 0 Å². The molecule has 0 aliphatic heterocycles. The maximum Gasteiger partial charge on any atom is 0.389 e. The molecule has 0 aromatic heterocycles. The lowest BCUT2D eigenvalue weighted by Crippen LogP contribution is -2.31. The zero-order valence-electron chi connectivity index (χ0n) is 10.5. The summed E-state index contributed by atoms with van der Waals surface area (Å²) in [5, 5.41) is 12.4. The molecule has 1 atom stereocenters. The number of rotatable bonds is 10. The van der Waals surface area contributed by atoms with E-state index in [4.69, 9.17) is 4.74 Å². The minimum absolute atomic E-state index is 0.130. The molecular weight excluding hydrogens is 247 g/mol. The number of aliphatic hydroxyl groups is 1. The van der Waals surface area contributed by atoms with Crippen LogP contribution in [0, 0.1) is 5.92 Å². The topological polar surface area (TPSA) is 41.5 Å². The van der Waals surface area contributed by atoms with Gasteiger partial charge in [0.2, 0.25) is 0 Å². The molecular formula is C12H22F3NO2. The largest absolute Gasteiger partial charge is 0.389 e. The van der Waals surface area contributed by atoms with E-state index in [1.165, 1.54) is 12.8 Å². The van der Waals surface area contributed by atoms with Crippen LogP contribution in [0.1, 0.15) is 32.1 Å². The molecule has 0 heterocycles. The fourth-order valence-electron chi connectivity index (χ4n) is 1.56. The SMILES string of the molecule is OC(CNCCCCC(F)(F)F)COCC1CC1. The molecule has 0 aromatic carbocycles. The molecule has 0 bridgehead atoms. The van der Waals surface area contributed by atoms with Crippen molar-refractivity contribution in [2.24, 2.45) is 5.92 Å². The van der Waals surface area contributed by atoms with E-state index in [2.05, 4.69) is 5.32 Å². The third-order valence-electron chi connectivity index (χ3n) is 2.80. The molecule has 0 amide bonds. The number of halogens is 3. The first-order valence-corrected chi connectivity index (χ1v) is 6.50. The molecule has 3 nitrogen and oxygen atoms in total. The van der Waals surface area contributed by atoms with Crippen molar-refractivity contribution in [2.45, 2.75) is 44.4 Å². The van der Waals surface area contributed by atoms with Gasteiger partial charge in [-0.3, -0.25) is 0 Å². The molecule has 2 N–H and O–H groups in total. The van der Waals surface area contributed by atoms with Crippen LogP contribution in [0.25, 0.3) is 0 Å². The lowest BCUT2D eigenvalue weighted by molar-refractivity contribution is -0.135. The van der Waals surface area contributed by atoms with Crippen molar-refractivity contribution in [1.82, 2.24) is 5.32 Å². The monoisotopic (exact) mass is 269 g/mol. The lowest BCUT2D eigenvalue weighted by Gasteiger charge is -2.12. The number of hydrogen-bond donors (Lipinski definition) is 2. The summed E-state index contributed by atoms with van der Waals surface area (Å²) in [4.78, 5) is 0. The van der Waals surface area contributed by atoms with E-state index >= 15 is 0 Å². The Hall–Kier alpha value is -0.330. The highest BCUT2D eigenvalue weighted by molar-refractivity contribution is 4.72. The molecule has 0 radical (unpaired) electrons. The molecule has 18 heavy (non-hydrogen) atoms. The van der Waals surface area contributed by atoms with Gasteiger partial charge in [-0.05, 0) is 38.1 Å². The molecule has 1 saturated carbocycles. The van der Waals surface area contributed by atoms with Gasteiger partial charge in [0.15, 0.2) is 0 Å². The molecule has 1 unspecified atom stereocenters. The van der Waals surface area contributed by atoms with Gasteiger partial charge in [-0.25, -0.2) is 0 Å². The van der Waals surface area contributed by atoms with Crippen LogP contribution in [0.4, 0.5) is 13.2 Å². The van der Waals surface area contributed by atoms with E-state index < -0.39 is 18.7 Å². The number of alkyl halides is 3. The first-order valence-electron chi connectivity index (χ1n) is 6.50. The van der Waals surface area contributed by atoms with E-state index in [0.29, 0.717) is 38.6 Å². The molecule has 1 aliphatic rings. The number of hydrogen-bond acceptors (Lipinski definition) is 3. The zero-order chi connectivity index (χ0) is 13.4. The summed E-state index contributed by atoms with van der Waals surface area (Å²) in [6, 6.07) is 0. The van der Waals surface area contributed by atoms with Crippen LogP contribution < -0.4 is 5.32 Å². The van der Waals surface area contributed by atoms with Crippen molar-refractivity contribution in [3.63, 3.8) is 0 Å². The van der Waals surface area contributed by atoms with Crippen LogP contribution in [-0.2, 0) is 4.74 Å². The Kier molecular flexibility index (Phi) is 6.96. The summed E-state index contributed by atoms with van der Waals surface area (Å²) in [6.45, 7) is 1.88. The highest BCUT2D eigenvalue weighted by atomic mass is 19.4. The standard InChI is InChI=1S/C12H22F3NO2/c13-12(14,15)5-1-2-6-16-7-11(17)9-18-8-10-3-4-10/h10-11,16-17H,1-9H2. The van der Waals surface area contributed by atoms with E-state index in [9.17, 15) is 18.3 Å². The summed E-state index contributed by atoms with van der Waals surface area (Å²) in [7, 11) is 0. The zero-order valence-corrected chi connectivity index (χ0v) is 10.5. The normalized spacial score (nSPS) is 18.0. The molecule has 0 spiro atoms. The van der Waals surface area contributed by atoms with Gasteiger partial charge < -0.3 is 15.2 Å². The molecule has 1 aliphatic carbocycles. The average molecular weight is 269 g/mol. The Morgan fingerprint density at radius 2 is 2.00 bits per heavy atom. The molecule has 1 rings (SSSR count). The Morgan fingerprint density at radius 1 is 1.28 bits per heavy atom. The maximum atomic E-state index is 11.8. The summed E-state index contributed by atoms with van der Waals surface area (Å²) < 4.78 is 40.8.